The molecule has 4 rings (SSSR count). The zero-order valence-corrected chi connectivity index (χ0v) is 21.8. The van der Waals surface area contributed by atoms with Crippen LogP contribution in [-0.2, 0) is 24.0 Å². The molecule has 20 heteroatoms. The smallest absolute Gasteiger partial charge is 0.344 e. The van der Waals surface area contributed by atoms with E-state index in [1.807, 2.05) is 0 Å². The molecule has 0 aromatic carbocycles. The third-order valence-electron chi connectivity index (χ3n) is 5.76. The summed E-state index contributed by atoms with van der Waals surface area (Å²) in [6, 6.07) is -0.974. The highest BCUT2D eigenvalue weighted by molar-refractivity contribution is 8.01. The second-order valence-electron chi connectivity index (χ2n) is 8.14. The van der Waals surface area contributed by atoms with E-state index in [0.29, 0.717) is 6.42 Å². The fourth-order valence-corrected chi connectivity index (χ4v) is 7.40. The highest BCUT2D eigenvalue weighted by Gasteiger charge is 2.60. The van der Waals surface area contributed by atoms with Crippen molar-refractivity contribution < 1.29 is 34.2 Å². The van der Waals surface area contributed by atoms with Crippen molar-refractivity contribution >= 4 is 69.5 Å². The third kappa shape index (κ3) is 5.51. The number of oxime groups is 1. The monoisotopic (exact) mass is 586 g/mol. The number of carbonyl (C=O) groups excluding carboxylic acids is 2. The number of tetrazole rings is 1. The number of rotatable bonds is 12. The molecule has 0 aliphatic carbocycles. The zero-order chi connectivity index (χ0) is 27.4. The third-order valence-corrected chi connectivity index (χ3v) is 9.34. The largest absolute Gasteiger partial charge is 0.481 e. The fraction of sp³-hybridized carbons (Fsp3) is 0.500. The van der Waals surface area contributed by atoms with E-state index in [9.17, 15) is 24.3 Å². The van der Waals surface area contributed by atoms with Gasteiger partial charge >= 0.3 is 11.9 Å². The minimum Gasteiger partial charge on any atom is -0.481 e. The number of thiazole rings is 1. The Morgan fingerprint density at radius 2 is 2.21 bits per heavy atom. The summed E-state index contributed by atoms with van der Waals surface area (Å²) in [5.41, 5.74) is 9.73. The van der Waals surface area contributed by atoms with Crippen molar-refractivity contribution in [1.82, 2.24) is 35.8 Å². The molecule has 2 amide bonds. The lowest BCUT2D eigenvalue weighted by Gasteiger charge is -2.55. The molecule has 0 spiro atoms. The summed E-state index contributed by atoms with van der Waals surface area (Å²) < 4.78 is 0. The topological polar surface area (TPSA) is 265 Å². The van der Waals surface area contributed by atoms with Gasteiger partial charge in [-0.05, 0) is 18.2 Å². The molecular formula is C18H22N10O7S3. The van der Waals surface area contributed by atoms with Gasteiger partial charge in [-0.25, -0.2) is 9.78 Å². The number of H-pyrrole nitrogens is 1. The second-order valence-corrected chi connectivity index (χ2v) is 11.3. The van der Waals surface area contributed by atoms with Crippen molar-refractivity contribution in [3.63, 3.8) is 0 Å². The van der Waals surface area contributed by atoms with E-state index in [2.05, 4.69) is 36.1 Å². The summed E-state index contributed by atoms with van der Waals surface area (Å²) in [4.78, 5) is 59.4. The molecule has 0 bridgehead atoms. The Morgan fingerprint density at radius 3 is 2.82 bits per heavy atom. The van der Waals surface area contributed by atoms with Crippen molar-refractivity contribution in [3.05, 3.63) is 11.1 Å². The molecule has 0 radical (unpaired) electrons. The summed E-state index contributed by atoms with van der Waals surface area (Å²) in [6.45, 7) is -0.696. The number of aromatic nitrogens is 5. The maximum Gasteiger partial charge on any atom is 0.344 e. The quantitative estimate of drug-likeness (QED) is 0.0681. The number of β-lactam (4-membered cyclic amide) rings is 1. The molecule has 2 aliphatic rings. The van der Waals surface area contributed by atoms with Crippen molar-refractivity contribution in [1.29, 1.82) is 0 Å². The average Bonchev–Trinajstić information content (AvgIpc) is 3.55. The minimum absolute atomic E-state index is 0.0447. The Kier molecular flexibility index (Phi) is 8.33. The molecule has 2 saturated heterocycles. The number of hydrogen-bond donors (Lipinski definition) is 6. The zero-order valence-electron chi connectivity index (χ0n) is 19.3. The van der Waals surface area contributed by atoms with E-state index in [1.54, 1.807) is 0 Å². The van der Waals surface area contributed by atoms with Gasteiger partial charge in [0.1, 0.15) is 22.5 Å². The van der Waals surface area contributed by atoms with Gasteiger partial charge in [-0.1, -0.05) is 16.9 Å². The number of hydrogen-bond acceptors (Lipinski definition) is 15. The van der Waals surface area contributed by atoms with Gasteiger partial charge in [0, 0.05) is 22.9 Å². The maximum atomic E-state index is 13.1. The Bertz CT molecular complexity index is 1240. The first kappa shape index (κ1) is 27.5. The standard InChI is InChI=1S/C18H22N10O7S3/c19-2-1-8(38-17-23-26-27-24-17)18(15(33)34)5-28-13(32)11(14(28)37-6-18)22-12(31)10(25-35-3-9(29)30)7-4-36-16(20)21-7/h4,8,11,14H,1-3,5-6,19H2,(H2,20,21)(H,22,31)(H,29,30)(H,33,34)(H,23,24,26,27)/t8?,11?,14-,18?/m1/s1. The molecule has 3 unspecified atom stereocenters. The van der Waals surface area contributed by atoms with E-state index in [4.69, 9.17) is 21.4 Å². The van der Waals surface area contributed by atoms with E-state index in [-0.39, 0.29) is 40.5 Å². The number of nitrogen functional groups attached to an aromatic ring is 1. The SMILES string of the molecule is NCCC(Sc1nn[nH]n1)C1(C(=O)O)CS[C@@H]2C(NC(=O)C(=NOCC(=O)O)c3csc(N)n3)C(=O)N2C1. The van der Waals surface area contributed by atoms with Gasteiger partial charge in [0.15, 0.2) is 10.8 Å². The number of aliphatic carboxylic acids is 2. The molecule has 17 nitrogen and oxygen atoms in total. The first-order valence-corrected chi connectivity index (χ1v) is 13.7. The van der Waals surface area contributed by atoms with E-state index in [0.717, 1.165) is 23.1 Å². The van der Waals surface area contributed by atoms with Crippen molar-refractivity contribution in [2.24, 2.45) is 16.3 Å². The number of thioether (sulfide) groups is 2. The Morgan fingerprint density at radius 1 is 1.42 bits per heavy atom. The molecule has 4 atom stereocenters. The lowest BCUT2D eigenvalue weighted by atomic mass is 9.82. The molecule has 0 saturated carbocycles. The summed E-state index contributed by atoms with van der Waals surface area (Å²) in [5, 5.41) is 39.5. The molecular weight excluding hydrogens is 564 g/mol. The number of nitrogens with two attached hydrogens (primary N) is 2. The van der Waals surface area contributed by atoms with Crippen molar-refractivity contribution in [3.8, 4) is 0 Å². The highest BCUT2D eigenvalue weighted by atomic mass is 32.2. The van der Waals surface area contributed by atoms with Gasteiger partial charge < -0.3 is 36.7 Å². The number of carboxylic acid groups (broad SMARTS) is 2. The van der Waals surface area contributed by atoms with Crippen LogP contribution in [0.1, 0.15) is 12.1 Å². The van der Waals surface area contributed by atoms with Gasteiger partial charge in [-0.15, -0.1) is 33.3 Å². The summed E-state index contributed by atoms with van der Waals surface area (Å²) >= 11 is 3.36. The van der Waals surface area contributed by atoms with Crippen molar-refractivity contribution in [2.45, 2.75) is 28.2 Å². The number of carbonyl (C=O) groups is 4. The predicted octanol–water partition coefficient (Wildman–Crippen LogP) is -1.98. The molecule has 2 fully saturated rings. The van der Waals surface area contributed by atoms with Gasteiger partial charge in [0.2, 0.25) is 17.7 Å². The summed E-state index contributed by atoms with van der Waals surface area (Å²) in [6.07, 6.45) is 0.325. The molecule has 2 aromatic heterocycles. The first-order chi connectivity index (χ1) is 18.2. The molecule has 204 valence electrons. The van der Waals surface area contributed by atoms with Crippen molar-refractivity contribution in [2.75, 3.05) is 31.2 Å². The fourth-order valence-electron chi connectivity index (χ4n) is 3.95. The van der Waals surface area contributed by atoms with Crippen LogP contribution in [-0.4, -0.2) is 112 Å². The van der Waals surface area contributed by atoms with Crippen LogP contribution in [0.25, 0.3) is 0 Å². The summed E-state index contributed by atoms with van der Waals surface area (Å²) in [5.74, 6) is -3.58. The van der Waals surface area contributed by atoms with E-state index < -0.39 is 52.4 Å². The Balaban J connectivity index is 1.49. The number of anilines is 1. The number of carboxylic acids is 2. The van der Waals surface area contributed by atoms with Gasteiger partial charge in [-0.3, -0.25) is 14.4 Å². The average molecular weight is 587 g/mol. The first-order valence-electron chi connectivity index (χ1n) is 10.9. The predicted molar refractivity (Wildman–Crippen MR) is 134 cm³/mol. The van der Waals surface area contributed by atoms with E-state index >= 15 is 0 Å². The number of amides is 2. The number of nitrogens with zero attached hydrogens (tertiary/aromatic N) is 6. The number of fused-ring (bicyclic) bond motifs is 1. The van der Waals surface area contributed by atoms with Gasteiger partial charge in [0.05, 0.1) is 0 Å². The lowest BCUT2D eigenvalue weighted by Crippen LogP contribution is -2.75. The maximum absolute atomic E-state index is 13.1. The normalized spacial score (nSPS) is 23.8. The van der Waals surface area contributed by atoms with Crippen LogP contribution in [0.2, 0.25) is 0 Å². The van der Waals surface area contributed by atoms with Crippen LogP contribution >= 0.6 is 34.9 Å². The molecule has 2 aromatic rings. The van der Waals surface area contributed by atoms with Crippen LogP contribution in [0.4, 0.5) is 5.13 Å². The van der Waals surface area contributed by atoms with Crippen LogP contribution in [0.15, 0.2) is 15.7 Å². The number of aromatic amines is 1. The summed E-state index contributed by atoms with van der Waals surface area (Å²) in [7, 11) is 0. The highest BCUT2D eigenvalue weighted by Crippen LogP contribution is 2.48. The lowest BCUT2D eigenvalue weighted by molar-refractivity contribution is -0.158. The molecule has 2 aliphatic heterocycles. The van der Waals surface area contributed by atoms with Crippen LogP contribution in [0.3, 0.4) is 0 Å². The Hall–Kier alpha value is -3.49. The number of nitrogens with one attached hydrogen (secondary N) is 2. The molecule has 8 N–H and O–H groups in total. The molecule has 4 heterocycles. The second kappa shape index (κ2) is 11.5. The van der Waals surface area contributed by atoms with Gasteiger partial charge in [-0.2, -0.15) is 5.21 Å². The molecule has 38 heavy (non-hydrogen) atoms. The Labute approximate surface area is 226 Å². The van der Waals surface area contributed by atoms with Crippen LogP contribution in [0.5, 0.6) is 0 Å². The van der Waals surface area contributed by atoms with Crippen LogP contribution in [0, 0.1) is 5.41 Å². The minimum atomic E-state index is -1.36. The van der Waals surface area contributed by atoms with Crippen LogP contribution < -0.4 is 16.8 Å². The van der Waals surface area contributed by atoms with Gasteiger partial charge in [0.25, 0.3) is 5.91 Å². The van der Waals surface area contributed by atoms with E-state index in [1.165, 1.54) is 22.0 Å².